The van der Waals surface area contributed by atoms with Crippen LogP contribution in [0.25, 0.3) is 0 Å². The maximum absolute atomic E-state index is 12.8. The summed E-state index contributed by atoms with van der Waals surface area (Å²) in [4.78, 5) is 14.8. The standard InChI is InChI=1S/C25H32BrNO2/c1-24(2,3)18-14-16(15-19(23(18)29)25(4,5)6)22(27-13-9-12-21(27)28)17-10-7-8-11-20(17)26/h7-8,10-11,14-15,22,29H,9,12-13H2,1-6H3. The van der Waals surface area contributed by atoms with Gasteiger partial charge in [0.05, 0.1) is 6.04 Å². The molecule has 0 spiro atoms. The van der Waals surface area contributed by atoms with Crippen LogP contribution in [0, 0.1) is 0 Å². The second kappa shape index (κ2) is 7.79. The Hall–Kier alpha value is -1.81. The van der Waals surface area contributed by atoms with Crippen molar-refractivity contribution in [3.8, 4) is 5.75 Å². The summed E-state index contributed by atoms with van der Waals surface area (Å²) in [6.45, 7) is 13.5. The largest absolute Gasteiger partial charge is 0.507 e. The number of carbonyl (C=O) groups excluding carboxylic acids is 1. The van der Waals surface area contributed by atoms with Gasteiger partial charge in [0.25, 0.3) is 0 Å². The van der Waals surface area contributed by atoms with E-state index >= 15 is 0 Å². The summed E-state index contributed by atoms with van der Waals surface area (Å²) in [6, 6.07) is 12.1. The fraction of sp³-hybridized carbons (Fsp3) is 0.480. The second-order valence-electron chi connectivity index (χ2n) is 10.1. The Balaban J connectivity index is 2.30. The lowest BCUT2D eigenvalue weighted by Crippen LogP contribution is -2.31. The molecule has 0 aliphatic carbocycles. The molecule has 156 valence electrons. The average molecular weight is 458 g/mol. The van der Waals surface area contributed by atoms with Crippen LogP contribution < -0.4 is 0 Å². The highest BCUT2D eigenvalue weighted by atomic mass is 79.9. The third-order valence-corrected chi connectivity index (χ3v) is 6.41. The molecule has 1 aliphatic rings. The van der Waals surface area contributed by atoms with Gasteiger partial charge in [0.15, 0.2) is 0 Å². The van der Waals surface area contributed by atoms with Crippen LogP contribution in [0.5, 0.6) is 5.75 Å². The van der Waals surface area contributed by atoms with E-state index in [0.29, 0.717) is 12.2 Å². The smallest absolute Gasteiger partial charge is 0.223 e. The molecule has 0 bridgehead atoms. The van der Waals surface area contributed by atoms with Crippen molar-refractivity contribution in [2.24, 2.45) is 0 Å². The van der Waals surface area contributed by atoms with Gasteiger partial charge < -0.3 is 10.0 Å². The van der Waals surface area contributed by atoms with Crippen molar-refractivity contribution in [2.45, 2.75) is 71.3 Å². The van der Waals surface area contributed by atoms with Crippen molar-refractivity contribution in [1.82, 2.24) is 4.90 Å². The molecule has 2 aromatic rings. The Labute approximate surface area is 183 Å². The molecule has 29 heavy (non-hydrogen) atoms. The predicted molar refractivity (Wildman–Crippen MR) is 122 cm³/mol. The highest BCUT2D eigenvalue weighted by molar-refractivity contribution is 9.10. The van der Waals surface area contributed by atoms with Gasteiger partial charge in [0, 0.05) is 17.4 Å². The molecule has 0 saturated carbocycles. The number of carbonyl (C=O) groups is 1. The molecule has 1 aliphatic heterocycles. The van der Waals surface area contributed by atoms with Crippen LogP contribution >= 0.6 is 15.9 Å². The third-order valence-electron chi connectivity index (χ3n) is 5.69. The number of benzene rings is 2. The Morgan fingerprint density at radius 1 is 1.00 bits per heavy atom. The molecule has 3 rings (SSSR count). The Kier molecular flexibility index (Phi) is 5.88. The first-order chi connectivity index (χ1) is 13.4. The van der Waals surface area contributed by atoms with Crippen LogP contribution in [0.3, 0.4) is 0 Å². The van der Waals surface area contributed by atoms with Gasteiger partial charge in [-0.25, -0.2) is 0 Å². The molecule has 1 unspecified atom stereocenters. The summed E-state index contributed by atoms with van der Waals surface area (Å²) >= 11 is 3.70. The number of likely N-dealkylation sites (tertiary alicyclic amines) is 1. The highest BCUT2D eigenvalue weighted by Crippen LogP contribution is 2.44. The highest BCUT2D eigenvalue weighted by Gasteiger charge is 2.34. The van der Waals surface area contributed by atoms with Crippen LogP contribution in [0.4, 0.5) is 0 Å². The van der Waals surface area contributed by atoms with Crippen LogP contribution in [-0.2, 0) is 15.6 Å². The van der Waals surface area contributed by atoms with Gasteiger partial charge in [0.1, 0.15) is 5.75 Å². The fourth-order valence-electron chi connectivity index (χ4n) is 4.12. The minimum Gasteiger partial charge on any atom is -0.507 e. The van der Waals surface area contributed by atoms with Crippen LogP contribution in [-0.4, -0.2) is 22.5 Å². The van der Waals surface area contributed by atoms with Crippen molar-refractivity contribution in [1.29, 1.82) is 0 Å². The number of rotatable bonds is 3. The summed E-state index contributed by atoms with van der Waals surface area (Å²) in [7, 11) is 0. The minimum atomic E-state index is -0.215. The number of hydrogen-bond acceptors (Lipinski definition) is 2. The molecular formula is C25H32BrNO2. The first-order valence-electron chi connectivity index (χ1n) is 10.3. The number of phenols is 1. The molecule has 2 aromatic carbocycles. The SMILES string of the molecule is CC(C)(C)c1cc(C(c2ccccc2Br)N2CCCC2=O)cc(C(C)(C)C)c1O. The van der Waals surface area contributed by atoms with Crippen molar-refractivity contribution >= 4 is 21.8 Å². The van der Waals surface area contributed by atoms with Gasteiger partial charge in [-0.2, -0.15) is 0 Å². The summed E-state index contributed by atoms with van der Waals surface area (Å²) in [5, 5.41) is 11.1. The van der Waals surface area contributed by atoms with Gasteiger partial charge in [-0.1, -0.05) is 75.7 Å². The number of hydrogen-bond donors (Lipinski definition) is 1. The molecule has 4 heteroatoms. The number of aromatic hydroxyl groups is 1. The monoisotopic (exact) mass is 457 g/mol. The summed E-state index contributed by atoms with van der Waals surface area (Å²) in [6.07, 6.45) is 1.48. The molecule has 1 heterocycles. The van der Waals surface area contributed by atoms with Crippen molar-refractivity contribution < 1.29 is 9.90 Å². The zero-order valence-corrected chi connectivity index (χ0v) is 19.9. The minimum absolute atomic E-state index is 0.177. The van der Waals surface area contributed by atoms with E-state index in [4.69, 9.17) is 0 Å². The molecule has 0 aromatic heterocycles. The molecule has 1 atom stereocenters. The number of phenolic OH excluding ortho intramolecular Hbond substituents is 1. The Bertz CT molecular complexity index is 886. The predicted octanol–water partition coefficient (Wildman–Crippen LogP) is 6.46. The van der Waals surface area contributed by atoms with Gasteiger partial charge in [-0.15, -0.1) is 0 Å². The number of nitrogens with zero attached hydrogens (tertiary/aromatic N) is 1. The van der Waals surface area contributed by atoms with E-state index in [1.807, 2.05) is 23.1 Å². The average Bonchev–Trinajstić information content (AvgIpc) is 3.01. The Morgan fingerprint density at radius 2 is 1.55 bits per heavy atom. The van der Waals surface area contributed by atoms with Crippen LogP contribution in [0.1, 0.15) is 82.7 Å². The van der Waals surface area contributed by atoms with Gasteiger partial charge in [-0.05, 0) is 57.7 Å². The topological polar surface area (TPSA) is 40.5 Å². The lowest BCUT2D eigenvalue weighted by atomic mass is 9.77. The number of halogens is 1. The van der Waals surface area contributed by atoms with Crippen molar-refractivity contribution in [2.75, 3.05) is 6.54 Å². The van der Waals surface area contributed by atoms with E-state index in [1.54, 1.807) is 0 Å². The van der Waals surface area contributed by atoms with E-state index < -0.39 is 0 Å². The van der Waals surface area contributed by atoms with Gasteiger partial charge in [-0.3, -0.25) is 4.79 Å². The van der Waals surface area contributed by atoms with Gasteiger partial charge >= 0.3 is 0 Å². The summed E-state index contributed by atoms with van der Waals surface area (Å²) < 4.78 is 0.993. The first-order valence-corrected chi connectivity index (χ1v) is 11.1. The van der Waals surface area contributed by atoms with E-state index in [1.165, 1.54) is 0 Å². The maximum Gasteiger partial charge on any atom is 0.223 e. The molecule has 3 nitrogen and oxygen atoms in total. The molecule has 1 amide bonds. The number of amides is 1. The van der Waals surface area contributed by atoms with Crippen molar-refractivity contribution in [3.63, 3.8) is 0 Å². The van der Waals surface area contributed by atoms with Crippen LogP contribution in [0.2, 0.25) is 0 Å². The van der Waals surface area contributed by atoms with E-state index in [9.17, 15) is 9.90 Å². The summed E-state index contributed by atoms with van der Waals surface area (Å²) in [5.74, 6) is 0.556. The third kappa shape index (κ3) is 4.37. The molecule has 1 fully saturated rings. The van der Waals surface area contributed by atoms with Crippen LogP contribution in [0.15, 0.2) is 40.9 Å². The van der Waals surface area contributed by atoms with E-state index in [0.717, 1.165) is 39.7 Å². The summed E-state index contributed by atoms with van der Waals surface area (Å²) in [5.41, 5.74) is 3.54. The first kappa shape index (κ1) is 21.9. The molecule has 1 saturated heterocycles. The lowest BCUT2D eigenvalue weighted by Gasteiger charge is -2.33. The molecular weight excluding hydrogens is 426 g/mol. The normalized spacial score (nSPS) is 16.4. The Morgan fingerprint density at radius 3 is 2.00 bits per heavy atom. The fourth-order valence-corrected chi connectivity index (χ4v) is 4.63. The maximum atomic E-state index is 12.8. The quantitative estimate of drug-likeness (QED) is 0.573. The molecule has 0 radical (unpaired) electrons. The second-order valence-corrected chi connectivity index (χ2v) is 10.9. The van der Waals surface area contributed by atoms with E-state index in [-0.39, 0.29) is 22.8 Å². The zero-order chi connectivity index (χ0) is 21.6. The van der Waals surface area contributed by atoms with E-state index in [2.05, 4.69) is 75.7 Å². The molecule has 1 N–H and O–H groups in total. The zero-order valence-electron chi connectivity index (χ0n) is 18.3. The van der Waals surface area contributed by atoms with Gasteiger partial charge in [0.2, 0.25) is 5.91 Å². The lowest BCUT2D eigenvalue weighted by molar-refractivity contribution is -0.129. The van der Waals surface area contributed by atoms with Crippen molar-refractivity contribution in [3.05, 3.63) is 63.1 Å².